The van der Waals surface area contributed by atoms with Crippen LogP contribution in [-0.4, -0.2) is 60.9 Å². The molecule has 92 valence electrons. The van der Waals surface area contributed by atoms with E-state index in [1.807, 2.05) is 0 Å². The van der Waals surface area contributed by atoms with Crippen LogP contribution >= 0.6 is 0 Å². The van der Waals surface area contributed by atoms with Crippen LogP contribution in [0, 0.1) is 6.92 Å². The van der Waals surface area contributed by atoms with Gasteiger partial charge in [-0.25, -0.2) is 9.78 Å². The Morgan fingerprint density at radius 2 is 2.24 bits per heavy atom. The molecule has 2 atom stereocenters. The zero-order chi connectivity index (χ0) is 12.6. The summed E-state index contributed by atoms with van der Waals surface area (Å²) in [6, 6.07) is -1.02. The molecule has 2 rings (SSSR count). The lowest BCUT2D eigenvalue weighted by Gasteiger charge is -2.19. The fraction of sp³-hybridized carbons (Fsp3) is 0.556. The van der Waals surface area contributed by atoms with Gasteiger partial charge in [-0.15, -0.1) is 5.10 Å². The minimum absolute atomic E-state index is 0.0105. The lowest BCUT2D eigenvalue weighted by Crippen LogP contribution is -2.41. The number of aromatic amines is 1. The predicted octanol–water partition coefficient (Wildman–Crippen LogP) is -1.23. The zero-order valence-electron chi connectivity index (χ0n) is 9.12. The number of aromatic nitrogens is 3. The minimum atomic E-state index is -1.14. The molecule has 8 nitrogen and oxygen atoms in total. The molecule has 1 aromatic rings. The molecule has 0 spiro atoms. The van der Waals surface area contributed by atoms with Gasteiger partial charge in [-0.05, 0) is 6.92 Å². The third-order valence-corrected chi connectivity index (χ3v) is 2.61. The highest BCUT2D eigenvalue weighted by Gasteiger charge is 2.40. The van der Waals surface area contributed by atoms with E-state index in [9.17, 15) is 14.7 Å². The fourth-order valence-electron chi connectivity index (χ4n) is 1.84. The van der Waals surface area contributed by atoms with Crippen molar-refractivity contribution in [3.05, 3.63) is 11.6 Å². The van der Waals surface area contributed by atoms with E-state index < -0.39 is 24.0 Å². The zero-order valence-corrected chi connectivity index (χ0v) is 9.12. The van der Waals surface area contributed by atoms with E-state index in [1.165, 1.54) is 0 Å². The van der Waals surface area contributed by atoms with Crippen molar-refractivity contribution < 1.29 is 19.8 Å². The number of carbonyl (C=O) groups excluding carboxylic acids is 1. The van der Waals surface area contributed by atoms with Crippen LogP contribution in [0.15, 0.2) is 0 Å². The van der Waals surface area contributed by atoms with Crippen molar-refractivity contribution in [3.8, 4) is 0 Å². The van der Waals surface area contributed by atoms with E-state index in [0.29, 0.717) is 5.82 Å². The molecule has 2 heterocycles. The third kappa shape index (κ3) is 2.11. The second-order valence-electron chi connectivity index (χ2n) is 3.95. The average Bonchev–Trinajstić information content (AvgIpc) is 2.83. The highest BCUT2D eigenvalue weighted by atomic mass is 16.4. The van der Waals surface area contributed by atoms with Crippen molar-refractivity contribution >= 4 is 11.9 Å². The van der Waals surface area contributed by atoms with Gasteiger partial charge in [0, 0.05) is 13.0 Å². The number of aryl methyl sites for hydroxylation is 1. The van der Waals surface area contributed by atoms with Crippen LogP contribution in [0.4, 0.5) is 0 Å². The molecule has 1 aliphatic rings. The van der Waals surface area contributed by atoms with Crippen LogP contribution in [0.2, 0.25) is 0 Å². The van der Waals surface area contributed by atoms with Crippen LogP contribution in [-0.2, 0) is 4.79 Å². The maximum atomic E-state index is 11.9. The van der Waals surface area contributed by atoms with E-state index >= 15 is 0 Å². The normalized spacial score (nSPS) is 24.0. The fourth-order valence-corrected chi connectivity index (χ4v) is 1.84. The van der Waals surface area contributed by atoms with Crippen LogP contribution in [0.25, 0.3) is 0 Å². The van der Waals surface area contributed by atoms with Crippen LogP contribution < -0.4 is 0 Å². The van der Waals surface area contributed by atoms with Gasteiger partial charge in [-0.3, -0.25) is 9.89 Å². The molecular formula is C9H12N4O4. The summed E-state index contributed by atoms with van der Waals surface area (Å²) in [5.41, 5.74) is 0. The number of carboxylic acid groups (broad SMARTS) is 1. The molecule has 1 amide bonds. The van der Waals surface area contributed by atoms with Crippen molar-refractivity contribution in [3.63, 3.8) is 0 Å². The van der Waals surface area contributed by atoms with Gasteiger partial charge < -0.3 is 15.1 Å². The van der Waals surface area contributed by atoms with Crippen LogP contribution in [0.5, 0.6) is 0 Å². The number of carboxylic acids is 1. The molecule has 0 saturated carbocycles. The number of amides is 1. The van der Waals surface area contributed by atoms with E-state index in [1.54, 1.807) is 6.92 Å². The topological polar surface area (TPSA) is 119 Å². The van der Waals surface area contributed by atoms with Crippen molar-refractivity contribution in [2.75, 3.05) is 6.54 Å². The van der Waals surface area contributed by atoms with Crippen LogP contribution in [0.3, 0.4) is 0 Å². The van der Waals surface area contributed by atoms with Gasteiger partial charge in [-0.1, -0.05) is 0 Å². The maximum Gasteiger partial charge on any atom is 0.326 e. The minimum Gasteiger partial charge on any atom is -0.480 e. The van der Waals surface area contributed by atoms with Gasteiger partial charge in [0.2, 0.25) is 5.82 Å². The van der Waals surface area contributed by atoms with Gasteiger partial charge in [0.05, 0.1) is 6.10 Å². The summed E-state index contributed by atoms with van der Waals surface area (Å²) in [5, 5.41) is 24.5. The number of nitrogens with one attached hydrogen (secondary N) is 1. The lowest BCUT2D eigenvalue weighted by molar-refractivity contribution is -0.141. The number of hydrogen-bond donors (Lipinski definition) is 3. The number of β-amino-alcohol motifs (C(OH)–C–C–N with tert-alkyl or cyclic N) is 1. The van der Waals surface area contributed by atoms with Gasteiger partial charge in [-0.2, -0.15) is 0 Å². The highest BCUT2D eigenvalue weighted by Crippen LogP contribution is 2.19. The molecule has 17 heavy (non-hydrogen) atoms. The Hall–Kier alpha value is -1.96. The van der Waals surface area contributed by atoms with E-state index in [0.717, 1.165) is 4.90 Å². The Labute approximate surface area is 96.3 Å². The smallest absolute Gasteiger partial charge is 0.326 e. The van der Waals surface area contributed by atoms with E-state index in [-0.39, 0.29) is 18.8 Å². The Morgan fingerprint density at radius 3 is 2.76 bits per heavy atom. The number of nitrogens with zero attached hydrogens (tertiary/aromatic N) is 3. The lowest BCUT2D eigenvalue weighted by atomic mass is 10.2. The van der Waals surface area contributed by atoms with Crippen molar-refractivity contribution in [2.24, 2.45) is 0 Å². The average molecular weight is 240 g/mol. The molecule has 8 heteroatoms. The summed E-state index contributed by atoms with van der Waals surface area (Å²) in [4.78, 5) is 27.8. The standard InChI is InChI=1S/C9H12N4O4/c1-4-10-7(12-11-4)8(15)13-3-5(14)2-6(13)9(16)17/h5-6,14H,2-3H2,1H3,(H,16,17)(H,10,11,12)/t5?,6-/m0/s1. The van der Waals surface area contributed by atoms with Crippen molar-refractivity contribution in [2.45, 2.75) is 25.5 Å². The van der Waals surface area contributed by atoms with Gasteiger partial charge in [0.1, 0.15) is 11.9 Å². The first-order valence-electron chi connectivity index (χ1n) is 5.10. The number of hydrogen-bond acceptors (Lipinski definition) is 5. The summed E-state index contributed by atoms with van der Waals surface area (Å²) < 4.78 is 0. The summed E-state index contributed by atoms with van der Waals surface area (Å²) in [7, 11) is 0. The van der Waals surface area contributed by atoms with E-state index in [2.05, 4.69) is 15.2 Å². The Kier molecular flexibility index (Phi) is 2.80. The Balaban J connectivity index is 2.21. The number of aliphatic carboxylic acids is 1. The molecule has 0 aliphatic carbocycles. The number of H-pyrrole nitrogens is 1. The number of aliphatic hydroxyl groups is 1. The first kappa shape index (κ1) is 11.5. The second-order valence-corrected chi connectivity index (χ2v) is 3.95. The number of carbonyl (C=O) groups is 2. The predicted molar refractivity (Wildman–Crippen MR) is 54.2 cm³/mol. The Morgan fingerprint density at radius 1 is 1.53 bits per heavy atom. The molecule has 0 aromatic carbocycles. The maximum absolute atomic E-state index is 11.9. The van der Waals surface area contributed by atoms with Crippen molar-refractivity contribution in [1.29, 1.82) is 0 Å². The van der Waals surface area contributed by atoms with E-state index in [4.69, 9.17) is 5.11 Å². The summed E-state index contributed by atoms with van der Waals surface area (Å²) in [5.74, 6) is -1.33. The summed E-state index contributed by atoms with van der Waals surface area (Å²) >= 11 is 0. The largest absolute Gasteiger partial charge is 0.480 e. The van der Waals surface area contributed by atoms with Crippen LogP contribution in [0.1, 0.15) is 22.9 Å². The number of likely N-dealkylation sites (tertiary alicyclic amines) is 1. The molecule has 0 bridgehead atoms. The monoisotopic (exact) mass is 240 g/mol. The molecule has 0 radical (unpaired) electrons. The molecule has 1 unspecified atom stereocenters. The number of rotatable bonds is 2. The highest BCUT2D eigenvalue weighted by molar-refractivity contribution is 5.93. The third-order valence-electron chi connectivity index (χ3n) is 2.61. The molecular weight excluding hydrogens is 228 g/mol. The second kappa shape index (κ2) is 4.13. The molecule has 1 saturated heterocycles. The first-order valence-corrected chi connectivity index (χ1v) is 5.10. The quantitative estimate of drug-likeness (QED) is 0.595. The van der Waals surface area contributed by atoms with Crippen molar-refractivity contribution in [1.82, 2.24) is 20.1 Å². The first-order chi connectivity index (χ1) is 7.99. The summed E-state index contributed by atoms with van der Waals surface area (Å²) in [6.45, 7) is 1.63. The van der Waals surface area contributed by atoms with Gasteiger partial charge in [0.15, 0.2) is 0 Å². The molecule has 1 aliphatic heterocycles. The Bertz CT molecular complexity index is 458. The van der Waals surface area contributed by atoms with Gasteiger partial charge in [0.25, 0.3) is 5.91 Å². The molecule has 1 fully saturated rings. The molecule has 1 aromatic heterocycles. The summed E-state index contributed by atoms with van der Waals surface area (Å²) in [6.07, 6.45) is -0.787. The number of aliphatic hydroxyl groups excluding tert-OH is 1. The molecule has 3 N–H and O–H groups in total. The SMILES string of the molecule is Cc1nc(C(=O)N2CC(O)C[C@H]2C(=O)O)n[nH]1. The van der Waals surface area contributed by atoms with Gasteiger partial charge >= 0.3 is 5.97 Å².